The second-order valence-corrected chi connectivity index (χ2v) is 10.0. The van der Waals surface area contributed by atoms with Crippen LogP contribution in [-0.4, -0.2) is 35.8 Å². The van der Waals surface area contributed by atoms with Gasteiger partial charge in [0, 0.05) is 37.7 Å². The second kappa shape index (κ2) is 9.70. The third-order valence-electron chi connectivity index (χ3n) is 7.42. The number of benzene rings is 2. The molecule has 2 unspecified atom stereocenters. The van der Waals surface area contributed by atoms with Gasteiger partial charge in [-0.15, -0.1) is 0 Å². The van der Waals surface area contributed by atoms with E-state index in [1.54, 1.807) is 0 Å². The maximum absolute atomic E-state index is 13.7. The van der Waals surface area contributed by atoms with Crippen LogP contribution in [0.25, 0.3) is 0 Å². The Labute approximate surface area is 205 Å². The molecule has 1 spiro atoms. The molecule has 1 saturated heterocycles. The molecular weight excluding hydrogens is 450 g/mol. The fourth-order valence-corrected chi connectivity index (χ4v) is 5.86. The standard InChI is InChI=1S/C28H32F2N2O3/c1-18(2)26-25(27(33)31-16-20-8-9-22(29)23(30)14-20)21-15-28(34-12-13-35-28)11-10-24(21)32(26)17-19-6-4-3-5-7-19/h3-9,14,18,25-26H,10-13,15-17H2,1-2H3,(H,31,33). The van der Waals surface area contributed by atoms with Crippen LogP contribution in [0.4, 0.5) is 8.78 Å². The van der Waals surface area contributed by atoms with Crippen LogP contribution < -0.4 is 5.32 Å². The number of halogens is 2. The van der Waals surface area contributed by atoms with Crippen LogP contribution in [0.3, 0.4) is 0 Å². The molecule has 7 heteroatoms. The fraction of sp³-hybridized carbons (Fsp3) is 0.464. The van der Waals surface area contributed by atoms with Crippen LogP contribution in [0.15, 0.2) is 59.8 Å². The summed E-state index contributed by atoms with van der Waals surface area (Å²) in [7, 11) is 0. The molecule has 186 valence electrons. The molecule has 5 rings (SSSR count). The molecule has 2 aromatic carbocycles. The lowest BCUT2D eigenvalue weighted by Gasteiger charge is -2.36. The van der Waals surface area contributed by atoms with Crippen molar-refractivity contribution in [3.05, 3.63) is 82.6 Å². The van der Waals surface area contributed by atoms with Crippen LogP contribution in [0.2, 0.25) is 0 Å². The van der Waals surface area contributed by atoms with Crippen molar-refractivity contribution < 1.29 is 23.0 Å². The summed E-state index contributed by atoms with van der Waals surface area (Å²) in [4.78, 5) is 16.1. The lowest BCUT2D eigenvalue weighted by Crippen LogP contribution is -2.44. The van der Waals surface area contributed by atoms with E-state index in [0.29, 0.717) is 25.2 Å². The summed E-state index contributed by atoms with van der Waals surface area (Å²) in [6.07, 6.45) is 2.13. The van der Waals surface area contributed by atoms with Gasteiger partial charge >= 0.3 is 0 Å². The van der Waals surface area contributed by atoms with Crippen LogP contribution in [0.5, 0.6) is 0 Å². The number of amides is 1. The van der Waals surface area contributed by atoms with E-state index in [0.717, 1.165) is 37.1 Å². The number of ether oxygens (including phenoxy) is 2. The molecule has 0 saturated carbocycles. The van der Waals surface area contributed by atoms with E-state index in [9.17, 15) is 13.6 Å². The van der Waals surface area contributed by atoms with Gasteiger partial charge in [0.05, 0.1) is 19.1 Å². The topological polar surface area (TPSA) is 50.8 Å². The average Bonchev–Trinajstić information content (AvgIpc) is 3.42. The third kappa shape index (κ3) is 4.71. The Balaban J connectivity index is 1.44. The molecule has 2 atom stereocenters. The average molecular weight is 483 g/mol. The first kappa shape index (κ1) is 23.9. The first-order valence-corrected chi connectivity index (χ1v) is 12.4. The molecule has 1 N–H and O–H groups in total. The zero-order valence-electron chi connectivity index (χ0n) is 20.2. The lowest BCUT2D eigenvalue weighted by atomic mass is 9.81. The highest BCUT2D eigenvalue weighted by Gasteiger charge is 2.52. The van der Waals surface area contributed by atoms with E-state index in [-0.39, 0.29) is 30.3 Å². The molecule has 35 heavy (non-hydrogen) atoms. The van der Waals surface area contributed by atoms with Crippen LogP contribution in [0, 0.1) is 23.5 Å². The summed E-state index contributed by atoms with van der Waals surface area (Å²) in [5.41, 5.74) is 4.01. The van der Waals surface area contributed by atoms with Crippen molar-refractivity contribution in [3.63, 3.8) is 0 Å². The van der Waals surface area contributed by atoms with Crippen molar-refractivity contribution in [3.8, 4) is 0 Å². The quantitative estimate of drug-likeness (QED) is 0.635. The minimum absolute atomic E-state index is 0.0262. The summed E-state index contributed by atoms with van der Waals surface area (Å²) in [5, 5.41) is 3.00. The van der Waals surface area contributed by atoms with Crippen molar-refractivity contribution >= 4 is 5.91 Å². The summed E-state index contributed by atoms with van der Waals surface area (Å²) in [6, 6.07) is 14.0. The Kier molecular flexibility index (Phi) is 6.64. The number of hydrogen-bond donors (Lipinski definition) is 1. The summed E-state index contributed by atoms with van der Waals surface area (Å²) in [6.45, 7) is 6.29. The zero-order valence-corrected chi connectivity index (χ0v) is 20.2. The van der Waals surface area contributed by atoms with Gasteiger partial charge in [-0.05, 0) is 41.2 Å². The largest absolute Gasteiger partial charge is 0.366 e. The Morgan fingerprint density at radius 3 is 2.51 bits per heavy atom. The highest BCUT2D eigenvalue weighted by molar-refractivity contribution is 5.83. The Hall–Kier alpha value is -2.77. The van der Waals surface area contributed by atoms with Gasteiger partial charge in [0.1, 0.15) is 0 Å². The number of nitrogens with zero attached hydrogens (tertiary/aromatic N) is 1. The van der Waals surface area contributed by atoms with Crippen LogP contribution in [0.1, 0.15) is 44.2 Å². The molecule has 5 nitrogen and oxygen atoms in total. The number of carbonyl (C=O) groups is 1. The highest BCUT2D eigenvalue weighted by Crippen LogP contribution is 2.50. The lowest BCUT2D eigenvalue weighted by molar-refractivity contribution is -0.164. The van der Waals surface area contributed by atoms with E-state index in [2.05, 4.69) is 36.2 Å². The molecule has 1 aliphatic carbocycles. The predicted molar refractivity (Wildman–Crippen MR) is 128 cm³/mol. The van der Waals surface area contributed by atoms with Crippen molar-refractivity contribution in [2.75, 3.05) is 13.2 Å². The van der Waals surface area contributed by atoms with Gasteiger partial charge in [-0.1, -0.05) is 50.2 Å². The molecule has 2 aromatic rings. The van der Waals surface area contributed by atoms with Crippen LogP contribution in [-0.2, 0) is 27.4 Å². The molecule has 0 bridgehead atoms. The van der Waals surface area contributed by atoms with Crippen molar-refractivity contribution in [2.24, 2.45) is 11.8 Å². The second-order valence-electron chi connectivity index (χ2n) is 10.0. The summed E-state index contributed by atoms with van der Waals surface area (Å²) in [5.74, 6) is -2.73. The van der Waals surface area contributed by atoms with E-state index in [4.69, 9.17) is 9.47 Å². The molecule has 1 amide bonds. The summed E-state index contributed by atoms with van der Waals surface area (Å²) >= 11 is 0. The Morgan fingerprint density at radius 2 is 1.83 bits per heavy atom. The molecule has 2 aliphatic heterocycles. The molecule has 0 radical (unpaired) electrons. The van der Waals surface area contributed by atoms with Crippen LogP contribution >= 0.6 is 0 Å². The van der Waals surface area contributed by atoms with Gasteiger partial charge in [-0.2, -0.15) is 0 Å². The van der Waals surface area contributed by atoms with Crippen molar-refractivity contribution in [1.29, 1.82) is 0 Å². The van der Waals surface area contributed by atoms with Gasteiger partial charge in [-0.25, -0.2) is 8.78 Å². The zero-order chi connectivity index (χ0) is 24.6. The minimum Gasteiger partial charge on any atom is -0.366 e. The predicted octanol–water partition coefficient (Wildman–Crippen LogP) is 4.92. The SMILES string of the molecule is CC(C)C1C(C(=O)NCc2ccc(F)c(F)c2)C2=C(CCC3(C2)OCCO3)N1Cc1ccccc1. The van der Waals surface area contributed by atoms with E-state index in [1.165, 1.54) is 17.3 Å². The molecular formula is C28H32F2N2O3. The normalized spacial score (nSPS) is 23.3. The van der Waals surface area contributed by atoms with Gasteiger partial charge in [0.15, 0.2) is 17.4 Å². The van der Waals surface area contributed by atoms with E-state index < -0.39 is 17.4 Å². The fourth-order valence-electron chi connectivity index (χ4n) is 5.86. The number of rotatable bonds is 6. The first-order valence-electron chi connectivity index (χ1n) is 12.4. The monoisotopic (exact) mass is 482 g/mol. The first-order chi connectivity index (χ1) is 16.9. The molecule has 1 fully saturated rings. The van der Waals surface area contributed by atoms with E-state index in [1.807, 2.05) is 18.2 Å². The molecule has 3 aliphatic rings. The van der Waals surface area contributed by atoms with Gasteiger partial charge < -0.3 is 19.7 Å². The number of allylic oxidation sites excluding steroid dienone is 1. The smallest absolute Gasteiger partial charge is 0.229 e. The Bertz CT molecular complexity index is 1110. The van der Waals surface area contributed by atoms with E-state index >= 15 is 0 Å². The van der Waals surface area contributed by atoms with Crippen molar-refractivity contribution in [2.45, 2.75) is 58.0 Å². The number of hydrogen-bond acceptors (Lipinski definition) is 4. The van der Waals surface area contributed by atoms with Gasteiger partial charge in [-0.3, -0.25) is 4.79 Å². The highest BCUT2D eigenvalue weighted by atomic mass is 19.2. The summed E-state index contributed by atoms with van der Waals surface area (Å²) < 4.78 is 39.1. The molecule has 2 heterocycles. The molecule has 0 aromatic heterocycles. The maximum Gasteiger partial charge on any atom is 0.229 e. The number of carbonyl (C=O) groups excluding carboxylic acids is 1. The third-order valence-corrected chi connectivity index (χ3v) is 7.42. The minimum atomic E-state index is -0.915. The maximum atomic E-state index is 13.7. The number of nitrogens with one attached hydrogen (secondary N) is 1. The van der Waals surface area contributed by atoms with Crippen molar-refractivity contribution in [1.82, 2.24) is 10.2 Å². The van der Waals surface area contributed by atoms with Gasteiger partial charge in [0.2, 0.25) is 5.91 Å². The van der Waals surface area contributed by atoms with Gasteiger partial charge in [0.25, 0.3) is 0 Å². The Morgan fingerprint density at radius 1 is 1.09 bits per heavy atom.